The predicted molar refractivity (Wildman–Crippen MR) is 115 cm³/mol. The third-order valence-electron chi connectivity index (χ3n) is 5.02. The molecule has 0 radical (unpaired) electrons. The van der Waals surface area contributed by atoms with Gasteiger partial charge in [-0.25, -0.2) is 4.99 Å². The first kappa shape index (κ1) is 18.9. The average Bonchev–Trinajstić information content (AvgIpc) is 2.62. The van der Waals surface area contributed by atoms with Gasteiger partial charge < -0.3 is 16.2 Å². The Balaban J connectivity index is 1.61. The van der Waals surface area contributed by atoms with Gasteiger partial charge in [0, 0.05) is 15.7 Å². The molecule has 1 spiro atoms. The molecule has 4 rings (SSSR count). The number of nitrogens with zero attached hydrogens (tertiary/aromatic N) is 3. The van der Waals surface area contributed by atoms with Crippen LogP contribution in [0.5, 0.6) is 11.5 Å². The molecule has 1 aliphatic heterocycles. The minimum atomic E-state index is -0.461. The number of ether oxygens (including phenoxy) is 1. The molecule has 0 bridgehead atoms. The summed E-state index contributed by atoms with van der Waals surface area (Å²) in [6, 6.07) is 12.7. The van der Waals surface area contributed by atoms with Crippen molar-refractivity contribution in [2.24, 2.45) is 21.5 Å². The Labute approximate surface area is 173 Å². The zero-order valence-corrected chi connectivity index (χ0v) is 16.7. The van der Waals surface area contributed by atoms with Gasteiger partial charge >= 0.3 is 0 Å². The number of aliphatic imine (C=N–C) groups is 2. The van der Waals surface area contributed by atoms with Crippen molar-refractivity contribution < 1.29 is 4.74 Å². The lowest BCUT2D eigenvalue weighted by Crippen LogP contribution is -2.58. The number of hydrogen-bond donors (Lipinski definition) is 2. The molecule has 6 nitrogen and oxygen atoms in total. The van der Waals surface area contributed by atoms with Crippen molar-refractivity contribution >= 4 is 40.8 Å². The van der Waals surface area contributed by atoms with Gasteiger partial charge in [0.05, 0.1) is 0 Å². The van der Waals surface area contributed by atoms with Crippen LogP contribution in [0.3, 0.4) is 0 Å². The van der Waals surface area contributed by atoms with E-state index in [0.717, 1.165) is 31.4 Å². The molecule has 1 saturated carbocycles. The Morgan fingerprint density at radius 3 is 2.18 bits per heavy atom. The fourth-order valence-electron chi connectivity index (χ4n) is 3.88. The van der Waals surface area contributed by atoms with Gasteiger partial charge in [0.15, 0.2) is 0 Å². The molecule has 28 heavy (non-hydrogen) atoms. The fourth-order valence-corrected chi connectivity index (χ4v) is 4.39. The SMILES string of the molecule is NC1=NC2(CCCCC2)N(c2ccc(Oc3cc(Cl)cc(Cl)c3)cc2)C(N)=N1. The number of anilines is 1. The molecule has 0 saturated heterocycles. The van der Waals surface area contributed by atoms with E-state index in [9.17, 15) is 0 Å². The molecule has 2 aromatic rings. The fraction of sp³-hybridized carbons (Fsp3) is 0.300. The number of benzene rings is 2. The van der Waals surface area contributed by atoms with Crippen LogP contribution in [0.1, 0.15) is 32.1 Å². The summed E-state index contributed by atoms with van der Waals surface area (Å²) in [5.74, 6) is 1.85. The van der Waals surface area contributed by atoms with Gasteiger partial charge in [-0.3, -0.25) is 4.90 Å². The summed E-state index contributed by atoms with van der Waals surface area (Å²) in [7, 11) is 0. The highest BCUT2D eigenvalue weighted by atomic mass is 35.5. The highest BCUT2D eigenvalue weighted by molar-refractivity contribution is 6.34. The molecule has 2 aromatic carbocycles. The molecule has 0 amide bonds. The van der Waals surface area contributed by atoms with Crippen molar-refractivity contribution in [1.29, 1.82) is 0 Å². The second-order valence-corrected chi connectivity index (χ2v) is 7.89. The van der Waals surface area contributed by atoms with Crippen LogP contribution in [0.15, 0.2) is 52.4 Å². The highest BCUT2D eigenvalue weighted by Crippen LogP contribution is 2.40. The largest absolute Gasteiger partial charge is 0.457 e. The normalized spacial score (nSPS) is 18.6. The van der Waals surface area contributed by atoms with E-state index in [-0.39, 0.29) is 5.96 Å². The summed E-state index contributed by atoms with van der Waals surface area (Å²) in [5, 5.41) is 1.04. The zero-order valence-electron chi connectivity index (χ0n) is 15.2. The van der Waals surface area contributed by atoms with Crippen LogP contribution in [0, 0.1) is 0 Å². The topological polar surface area (TPSA) is 89.2 Å². The lowest BCUT2D eigenvalue weighted by Gasteiger charge is -2.45. The Hall–Kier alpha value is -2.44. The van der Waals surface area contributed by atoms with Crippen LogP contribution in [0.25, 0.3) is 0 Å². The van der Waals surface area contributed by atoms with E-state index in [0.29, 0.717) is 27.5 Å². The predicted octanol–water partition coefficient (Wildman–Crippen LogP) is 4.90. The third kappa shape index (κ3) is 3.75. The van der Waals surface area contributed by atoms with E-state index in [2.05, 4.69) is 9.98 Å². The Kier molecular flexibility index (Phi) is 5.08. The lowest BCUT2D eigenvalue weighted by atomic mass is 9.87. The zero-order chi connectivity index (χ0) is 19.7. The first-order chi connectivity index (χ1) is 13.4. The monoisotopic (exact) mass is 417 g/mol. The van der Waals surface area contributed by atoms with E-state index in [4.69, 9.17) is 39.4 Å². The van der Waals surface area contributed by atoms with Crippen LogP contribution < -0.4 is 21.1 Å². The quantitative estimate of drug-likeness (QED) is 0.742. The second kappa shape index (κ2) is 7.53. The molecule has 0 aromatic heterocycles. The molecular weight excluding hydrogens is 397 g/mol. The van der Waals surface area contributed by atoms with Gasteiger partial charge in [-0.1, -0.05) is 29.6 Å². The molecule has 1 heterocycles. The lowest BCUT2D eigenvalue weighted by molar-refractivity contribution is 0.305. The number of hydrogen-bond acceptors (Lipinski definition) is 6. The summed E-state index contributed by atoms with van der Waals surface area (Å²) in [6.07, 6.45) is 5.14. The summed E-state index contributed by atoms with van der Waals surface area (Å²) >= 11 is 12.1. The van der Waals surface area contributed by atoms with Gasteiger partial charge in [0.25, 0.3) is 0 Å². The van der Waals surface area contributed by atoms with Crippen molar-refractivity contribution in [3.63, 3.8) is 0 Å². The van der Waals surface area contributed by atoms with E-state index in [1.807, 2.05) is 29.2 Å². The van der Waals surface area contributed by atoms with Gasteiger partial charge in [-0.2, -0.15) is 4.99 Å². The summed E-state index contributed by atoms with van der Waals surface area (Å²) in [4.78, 5) is 10.9. The van der Waals surface area contributed by atoms with E-state index < -0.39 is 5.66 Å². The molecule has 4 N–H and O–H groups in total. The molecule has 0 unspecified atom stereocenters. The van der Waals surface area contributed by atoms with Crippen LogP contribution in [-0.2, 0) is 0 Å². The Morgan fingerprint density at radius 2 is 1.54 bits per heavy atom. The van der Waals surface area contributed by atoms with Gasteiger partial charge in [-0.15, -0.1) is 0 Å². The molecule has 146 valence electrons. The van der Waals surface area contributed by atoms with E-state index in [1.165, 1.54) is 6.42 Å². The molecule has 0 atom stereocenters. The van der Waals surface area contributed by atoms with Crippen LogP contribution in [0.4, 0.5) is 5.69 Å². The minimum absolute atomic E-state index is 0.244. The van der Waals surface area contributed by atoms with Crippen LogP contribution >= 0.6 is 23.2 Å². The summed E-state index contributed by atoms with van der Waals surface area (Å²) in [6.45, 7) is 0. The van der Waals surface area contributed by atoms with Crippen molar-refractivity contribution in [3.05, 3.63) is 52.5 Å². The standard InChI is InChI=1S/C20H21Cl2N5O/c21-13-10-14(22)12-17(11-13)28-16-6-4-15(5-7-16)27-19(24)25-18(23)26-20(27)8-2-1-3-9-20/h4-7,10-12H,1-3,8-9H2,(H4,23,24,25,26). The minimum Gasteiger partial charge on any atom is -0.457 e. The number of guanidine groups is 2. The summed E-state index contributed by atoms with van der Waals surface area (Å²) in [5.41, 5.74) is 12.6. The Bertz CT molecular complexity index is 916. The van der Waals surface area contributed by atoms with Crippen molar-refractivity contribution in [3.8, 4) is 11.5 Å². The van der Waals surface area contributed by atoms with Crippen LogP contribution in [-0.4, -0.2) is 17.6 Å². The van der Waals surface area contributed by atoms with Crippen molar-refractivity contribution in [1.82, 2.24) is 0 Å². The highest BCUT2D eigenvalue weighted by Gasteiger charge is 2.42. The average molecular weight is 418 g/mol. The first-order valence-electron chi connectivity index (χ1n) is 9.19. The Morgan fingerprint density at radius 1 is 0.893 bits per heavy atom. The first-order valence-corrected chi connectivity index (χ1v) is 9.95. The maximum absolute atomic E-state index is 6.26. The summed E-state index contributed by atoms with van der Waals surface area (Å²) < 4.78 is 5.87. The van der Waals surface area contributed by atoms with E-state index in [1.54, 1.807) is 18.2 Å². The number of nitrogens with two attached hydrogens (primary N) is 2. The van der Waals surface area contributed by atoms with Crippen LogP contribution in [0.2, 0.25) is 10.0 Å². The van der Waals surface area contributed by atoms with E-state index >= 15 is 0 Å². The van der Waals surface area contributed by atoms with Gasteiger partial charge in [-0.05, 0) is 68.1 Å². The maximum Gasteiger partial charge on any atom is 0.220 e. The van der Waals surface area contributed by atoms with Gasteiger partial charge in [0.1, 0.15) is 17.2 Å². The molecule has 2 aliphatic rings. The number of halogens is 2. The third-order valence-corrected chi connectivity index (χ3v) is 5.45. The number of rotatable bonds is 3. The smallest absolute Gasteiger partial charge is 0.220 e. The molecule has 8 heteroatoms. The molecular formula is C20H21Cl2N5O. The van der Waals surface area contributed by atoms with Gasteiger partial charge in [0.2, 0.25) is 11.9 Å². The second-order valence-electron chi connectivity index (χ2n) is 7.02. The maximum atomic E-state index is 6.26. The molecule has 1 aliphatic carbocycles. The molecule has 1 fully saturated rings. The van der Waals surface area contributed by atoms with Crippen molar-refractivity contribution in [2.75, 3.05) is 4.90 Å². The van der Waals surface area contributed by atoms with Crippen molar-refractivity contribution in [2.45, 2.75) is 37.8 Å².